The first-order chi connectivity index (χ1) is 11.5. The van der Waals surface area contributed by atoms with E-state index in [-0.39, 0.29) is 10.9 Å². The van der Waals surface area contributed by atoms with Crippen LogP contribution in [0.3, 0.4) is 0 Å². The number of benzene rings is 2. The molecule has 2 aromatic heterocycles. The zero-order valence-corrected chi connectivity index (χ0v) is 12.8. The Hall–Kier alpha value is -2.92. The largest absolute Gasteiger partial charge is 0.478 e. The number of hydrogen-bond acceptors (Lipinski definition) is 3. The van der Waals surface area contributed by atoms with Crippen LogP contribution in [-0.2, 0) is 0 Å². The van der Waals surface area contributed by atoms with Crippen molar-refractivity contribution < 1.29 is 18.7 Å². The molecule has 0 atom stereocenters. The lowest BCUT2D eigenvalue weighted by Gasteiger charge is -2.05. The number of fused-ring (bicyclic) bond motifs is 2. The van der Waals surface area contributed by atoms with E-state index in [2.05, 4.69) is 4.98 Å². The molecule has 0 aliphatic carbocycles. The smallest absolute Gasteiger partial charge is 0.336 e. The maximum absolute atomic E-state index is 13.4. The Kier molecular flexibility index (Phi) is 3.25. The van der Waals surface area contributed by atoms with Crippen LogP contribution in [0.1, 0.15) is 10.4 Å². The van der Waals surface area contributed by atoms with Crippen molar-refractivity contribution in [2.75, 3.05) is 0 Å². The van der Waals surface area contributed by atoms with Crippen LogP contribution in [0.4, 0.5) is 4.39 Å². The number of furan rings is 1. The van der Waals surface area contributed by atoms with Gasteiger partial charge in [-0.1, -0.05) is 11.6 Å². The van der Waals surface area contributed by atoms with Crippen LogP contribution in [-0.4, -0.2) is 16.1 Å². The van der Waals surface area contributed by atoms with E-state index in [1.165, 1.54) is 18.2 Å². The number of aromatic carboxylic acids is 1. The fourth-order valence-electron chi connectivity index (χ4n) is 2.64. The van der Waals surface area contributed by atoms with Gasteiger partial charge in [0.2, 0.25) is 0 Å². The van der Waals surface area contributed by atoms with Crippen molar-refractivity contribution in [2.45, 2.75) is 0 Å². The van der Waals surface area contributed by atoms with E-state index in [9.17, 15) is 14.3 Å². The predicted octanol–water partition coefficient (Wildman–Crippen LogP) is 5.14. The van der Waals surface area contributed by atoms with Crippen LogP contribution < -0.4 is 0 Å². The average molecular weight is 342 g/mol. The molecular weight excluding hydrogens is 333 g/mol. The van der Waals surface area contributed by atoms with Crippen molar-refractivity contribution >= 4 is 39.4 Å². The SMILES string of the molecule is O=C(O)c1cc(-c2cc3cc(Cl)ccc3o2)nc2ccc(F)cc12. The van der Waals surface area contributed by atoms with E-state index in [4.69, 9.17) is 16.0 Å². The summed E-state index contributed by atoms with van der Waals surface area (Å²) in [4.78, 5) is 15.9. The van der Waals surface area contributed by atoms with Gasteiger partial charge in [0.1, 0.15) is 17.1 Å². The van der Waals surface area contributed by atoms with Crippen molar-refractivity contribution in [1.82, 2.24) is 4.98 Å². The number of hydrogen-bond donors (Lipinski definition) is 1. The highest BCUT2D eigenvalue weighted by molar-refractivity contribution is 6.31. The number of pyridine rings is 1. The number of carboxylic acids is 1. The second kappa shape index (κ2) is 5.32. The van der Waals surface area contributed by atoms with E-state index >= 15 is 0 Å². The topological polar surface area (TPSA) is 63.3 Å². The lowest BCUT2D eigenvalue weighted by atomic mass is 10.1. The van der Waals surface area contributed by atoms with Gasteiger partial charge in [-0.25, -0.2) is 14.2 Å². The molecule has 0 radical (unpaired) electrons. The van der Waals surface area contributed by atoms with Crippen LogP contribution in [0.15, 0.2) is 52.9 Å². The predicted molar refractivity (Wildman–Crippen MR) is 88.9 cm³/mol. The van der Waals surface area contributed by atoms with E-state index in [0.717, 1.165) is 11.5 Å². The van der Waals surface area contributed by atoms with Crippen molar-refractivity contribution in [2.24, 2.45) is 0 Å². The molecule has 2 aromatic carbocycles. The molecule has 0 saturated carbocycles. The summed E-state index contributed by atoms with van der Waals surface area (Å²) in [6.45, 7) is 0. The molecule has 0 fully saturated rings. The van der Waals surface area contributed by atoms with Gasteiger partial charge in [0.25, 0.3) is 0 Å². The molecule has 4 aromatic rings. The molecule has 4 nitrogen and oxygen atoms in total. The molecule has 0 spiro atoms. The molecule has 0 amide bonds. The third-order valence-electron chi connectivity index (χ3n) is 3.73. The Bertz CT molecular complexity index is 1120. The minimum absolute atomic E-state index is 0.0343. The lowest BCUT2D eigenvalue weighted by molar-refractivity contribution is 0.0699. The first-order valence-electron chi connectivity index (χ1n) is 7.04. The van der Waals surface area contributed by atoms with Gasteiger partial charge in [-0.2, -0.15) is 0 Å². The fraction of sp³-hybridized carbons (Fsp3) is 0. The second-order valence-corrected chi connectivity index (χ2v) is 5.75. The standard InChI is InChI=1S/C18H9ClFNO3/c19-10-1-4-16-9(5-10)6-17(24-16)15-8-13(18(22)23)12-7-11(20)2-3-14(12)21-15/h1-8H,(H,22,23). The Balaban J connectivity index is 1.98. The highest BCUT2D eigenvalue weighted by atomic mass is 35.5. The summed E-state index contributed by atoms with van der Waals surface area (Å²) in [5, 5.41) is 11.0. The van der Waals surface area contributed by atoms with Gasteiger partial charge in [-0.15, -0.1) is 0 Å². The minimum Gasteiger partial charge on any atom is -0.478 e. The molecule has 118 valence electrons. The van der Waals surface area contributed by atoms with Gasteiger partial charge in [-0.05, 0) is 48.5 Å². The van der Waals surface area contributed by atoms with Gasteiger partial charge in [0.15, 0.2) is 5.76 Å². The van der Waals surface area contributed by atoms with Crippen molar-refractivity contribution in [3.8, 4) is 11.5 Å². The molecular formula is C18H9ClFNO3. The molecule has 0 saturated heterocycles. The van der Waals surface area contributed by atoms with Gasteiger partial charge < -0.3 is 9.52 Å². The molecule has 6 heteroatoms. The zero-order chi connectivity index (χ0) is 16.8. The third kappa shape index (κ3) is 2.39. The van der Waals surface area contributed by atoms with E-state index < -0.39 is 11.8 Å². The van der Waals surface area contributed by atoms with E-state index in [1.807, 2.05) is 0 Å². The highest BCUT2D eigenvalue weighted by Gasteiger charge is 2.16. The summed E-state index contributed by atoms with van der Waals surface area (Å²) in [5.41, 5.74) is 1.32. The number of carbonyl (C=O) groups is 1. The van der Waals surface area contributed by atoms with Crippen LogP contribution in [0.25, 0.3) is 33.3 Å². The number of nitrogens with zero attached hydrogens (tertiary/aromatic N) is 1. The Labute approximate surface area is 140 Å². The Morgan fingerprint density at radius 3 is 2.75 bits per heavy atom. The van der Waals surface area contributed by atoms with Crippen LogP contribution in [0.5, 0.6) is 0 Å². The van der Waals surface area contributed by atoms with Crippen LogP contribution >= 0.6 is 11.6 Å². The molecule has 4 rings (SSSR count). The molecule has 1 N–H and O–H groups in total. The highest BCUT2D eigenvalue weighted by Crippen LogP contribution is 2.31. The van der Waals surface area contributed by atoms with Gasteiger partial charge in [0.05, 0.1) is 11.1 Å². The quantitative estimate of drug-likeness (QED) is 0.548. The monoisotopic (exact) mass is 341 g/mol. The first-order valence-corrected chi connectivity index (χ1v) is 7.42. The summed E-state index contributed by atoms with van der Waals surface area (Å²) in [6, 6.07) is 12.1. The normalized spacial score (nSPS) is 11.2. The van der Waals surface area contributed by atoms with Crippen molar-refractivity contribution in [3.63, 3.8) is 0 Å². The zero-order valence-electron chi connectivity index (χ0n) is 12.1. The molecule has 2 heterocycles. The molecule has 24 heavy (non-hydrogen) atoms. The summed E-state index contributed by atoms with van der Waals surface area (Å²) in [5.74, 6) is -1.26. The summed E-state index contributed by atoms with van der Waals surface area (Å²) >= 11 is 5.96. The van der Waals surface area contributed by atoms with Gasteiger partial charge in [0, 0.05) is 15.8 Å². The molecule has 0 unspecified atom stereocenters. The first kappa shape index (κ1) is 14.7. The number of halogens is 2. The maximum atomic E-state index is 13.4. The number of carboxylic acid groups (broad SMARTS) is 1. The molecule has 0 bridgehead atoms. The maximum Gasteiger partial charge on any atom is 0.336 e. The molecule has 0 aliphatic heterocycles. The summed E-state index contributed by atoms with van der Waals surface area (Å²) in [6.07, 6.45) is 0. The van der Waals surface area contributed by atoms with Gasteiger partial charge in [-0.3, -0.25) is 0 Å². The second-order valence-electron chi connectivity index (χ2n) is 5.31. The van der Waals surface area contributed by atoms with E-state index in [0.29, 0.717) is 27.6 Å². The number of rotatable bonds is 2. The summed E-state index contributed by atoms with van der Waals surface area (Å²) < 4.78 is 19.2. The minimum atomic E-state index is -1.16. The number of aromatic nitrogens is 1. The third-order valence-corrected chi connectivity index (χ3v) is 3.97. The van der Waals surface area contributed by atoms with Crippen LogP contribution in [0.2, 0.25) is 5.02 Å². The Morgan fingerprint density at radius 2 is 1.96 bits per heavy atom. The summed E-state index contributed by atoms with van der Waals surface area (Å²) in [7, 11) is 0. The van der Waals surface area contributed by atoms with Crippen molar-refractivity contribution in [1.29, 1.82) is 0 Å². The van der Waals surface area contributed by atoms with Crippen LogP contribution in [0, 0.1) is 5.82 Å². The Morgan fingerprint density at radius 1 is 1.12 bits per heavy atom. The average Bonchev–Trinajstić information content (AvgIpc) is 2.96. The van der Waals surface area contributed by atoms with E-state index in [1.54, 1.807) is 24.3 Å². The molecule has 0 aliphatic rings. The van der Waals surface area contributed by atoms with Gasteiger partial charge >= 0.3 is 5.97 Å². The fourth-order valence-corrected chi connectivity index (χ4v) is 2.82. The van der Waals surface area contributed by atoms with Crippen molar-refractivity contribution in [3.05, 3.63) is 64.9 Å². The lowest BCUT2D eigenvalue weighted by Crippen LogP contribution is -2.00.